The number of anilines is 2. The zero-order valence-corrected chi connectivity index (χ0v) is 13.1. The van der Waals surface area contributed by atoms with Gasteiger partial charge in [0.2, 0.25) is 5.82 Å². The second-order valence-corrected chi connectivity index (χ2v) is 4.93. The van der Waals surface area contributed by atoms with Crippen LogP contribution in [0, 0.1) is 18.3 Å². The summed E-state index contributed by atoms with van der Waals surface area (Å²) < 4.78 is 4.53. The van der Waals surface area contributed by atoms with E-state index < -0.39 is 5.91 Å². The predicted octanol–water partition coefficient (Wildman–Crippen LogP) is 1.30. The number of aryl methyl sites for hydroxylation is 1. The van der Waals surface area contributed by atoms with E-state index in [0.29, 0.717) is 23.7 Å². The zero-order chi connectivity index (χ0) is 17.6. The Kier molecular flexibility index (Phi) is 4.57. The lowest BCUT2D eigenvalue weighted by Gasteiger charge is -2.11. The number of carbonyl (C=O) groups excluding carboxylic acids is 1. The van der Waals surface area contributed by atoms with Crippen molar-refractivity contribution in [3.8, 4) is 6.07 Å². The summed E-state index contributed by atoms with van der Waals surface area (Å²) in [5, 5.41) is 21.6. The van der Waals surface area contributed by atoms with Crippen molar-refractivity contribution in [1.29, 1.82) is 5.26 Å². The molecule has 25 heavy (non-hydrogen) atoms. The molecule has 0 aliphatic rings. The summed E-state index contributed by atoms with van der Waals surface area (Å²) in [5.41, 5.74) is 1.74. The van der Waals surface area contributed by atoms with Crippen LogP contribution in [0.3, 0.4) is 0 Å². The number of rotatable bonds is 5. The molecule has 3 heterocycles. The first-order valence-corrected chi connectivity index (χ1v) is 7.18. The minimum Gasteiger partial charge on any atom is -0.364 e. The number of amides is 1. The largest absolute Gasteiger partial charge is 0.364 e. The maximum absolute atomic E-state index is 12.2. The van der Waals surface area contributed by atoms with Crippen molar-refractivity contribution in [2.45, 2.75) is 13.5 Å². The van der Waals surface area contributed by atoms with Gasteiger partial charge in [0.15, 0.2) is 5.69 Å². The highest BCUT2D eigenvalue weighted by Crippen LogP contribution is 2.19. The second kappa shape index (κ2) is 7.14. The molecule has 3 aromatic heterocycles. The predicted molar refractivity (Wildman–Crippen MR) is 85.3 cm³/mol. The van der Waals surface area contributed by atoms with Crippen LogP contribution < -0.4 is 10.6 Å². The van der Waals surface area contributed by atoms with Crippen molar-refractivity contribution in [1.82, 2.24) is 25.3 Å². The first-order chi connectivity index (χ1) is 12.2. The average molecular weight is 336 g/mol. The second-order valence-electron chi connectivity index (χ2n) is 4.93. The fourth-order valence-electron chi connectivity index (χ4n) is 1.96. The summed E-state index contributed by atoms with van der Waals surface area (Å²) in [4.78, 5) is 24.2. The number of pyridine rings is 1. The van der Waals surface area contributed by atoms with Gasteiger partial charge in [-0.3, -0.25) is 4.79 Å². The summed E-state index contributed by atoms with van der Waals surface area (Å²) in [6.45, 7) is 1.99. The van der Waals surface area contributed by atoms with Gasteiger partial charge in [0.05, 0.1) is 5.69 Å². The number of hydrogen-bond acceptors (Lipinski definition) is 9. The van der Waals surface area contributed by atoms with E-state index >= 15 is 0 Å². The van der Waals surface area contributed by atoms with Crippen molar-refractivity contribution in [2.75, 3.05) is 10.6 Å². The number of nitriles is 1. The summed E-state index contributed by atoms with van der Waals surface area (Å²) in [6, 6.07) is 5.25. The Hall–Kier alpha value is -3.87. The Morgan fingerprint density at radius 3 is 2.76 bits per heavy atom. The molecule has 0 saturated heterocycles. The van der Waals surface area contributed by atoms with Crippen molar-refractivity contribution >= 4 is 17.4 Å². The number of aromatic nitrogens is 5. The van der Waals surface area contributed by atoms with Crippen LogP contribution in [0.25, 0.3) is 0 Å². The number of nitrogens with zero attached hydrogens (tertiary/aromatic N) is 6. The fraction of sp³-hybridized carbons (Fsp3) is 0.133. The van der Waals surface area contributed by atoms with Gasteiger partial charge in [-0.1, -0.05) is 5.16 Å². The quantitative estimate of drug-likeness (QED) is 0.704. The first kappa shape index (κ1) is 16.0. The standard InChI is InChI=1S/C15H12N8O2/c1-9-13(23-25-22-9)15(24)21-11-3-2-4-17-14(11)20-8-10-6-18-12(5-16)19-7-10/h2-4,6-7H,8H2,1H3,(H,17,20)(H,21,24). The molecule has 2 N–H and O–H groups in total. The molecule has 10 nitrogen and oxygen atoms in total. The van der Waals surface area contributed by atoms with Gasteiger partial charge in [-0.15, -0.1) is 0 Å². The van der Waals surface area contributed by atoms with Crippen LogP contribution in [-0.2, 0) is 6.54 Å². The molecule has 0 unspecified atom stereocenters. The molecule has 0 radical (unpaired) electrons. The molecule has 3 rings (SSSR count). The van der Waals surface area contributed by atoms with Crippen molar-refractivity contribution < 1.29 is 9.42 Å². The van der Waals surface area contributed by atoms with E-state index in [4.69, 9.17) is 5.26 Å². The smallest absolute Gasteiger partial charge is 0.279 e. The molecular weight excluding hydrogens is 324 g/mol. The molecule has 0 saturated carbocycles. The Balaban J connectivity index is 1.71. The highest BCUT2D eigenvalue weighted by molar-refractivity contribution is 6.04. The highest BCUT2D eigenvalue weighted by Gasteiger charge is 2.16. The van der Waals surface area contributed by atoms with Crippen LogP contribution >= 0.6 is 0 Å². The molecule has 3 aromatic rings. The van der Waals surface area contributed by atoms with E-state index in [1.54, 1.807) is 37.6 Å². The van der Waals surface area contributed by atoms with Gasteiger partial charge in [0, 0.05) is 30.7 Å². The van der Waals surface area contributed by atoms with Crippen LogP contribution in [-0.4, -0.2) is 31.2 Å². The Bertz CT molecular complexity index is 929. The molecule has 0 aromatic carbocycles. The Morgan fingerprint density at radius 2 is 2.08 bits per heavy atom. The minimum absolute atomic E-state index is 0.103. The Labute approximate surface area is 141 Å². The Morgan fingerprint density at radius 1 is 1.28 bits per heavy atom. The molecule has 124 valence electrons. The summed E-state index contributed by atoms with van der Waals surface area (Å²) in [7, 11) is 0. The molecule has 1 amide bonds. The van der Waals surface area contributed by atoms with E-state index in [1.165, 1.54) is 0 Å². The lowest BCUT2D eigenvalue weighted by Crippen LogP contribution is -2.15. The lowest BCUT2D eigenvalue weighted by molar-refractivity contribution is 0.101. The molecule has 0 aliphatic carbocycles. The van der Waals surface area contributed by atoms with Gasteiger partial charge >= 0.3 is 0 Å². The third-order valence-electron chi connectivity index (χ3n) is 3.19. The topological polar surface area (TPSA) is 143 Å². The van der Waals surface area contributed by atoms with Gasteiger partial charge < -0.3 is 10.6 Å². The molecule has 10 heteroatoms. The molecule has 0 atom stereocenters. The summed E-state index contributed by atoms with van der Waals surface area (Å²) in [6.07, 6.45) is 4.69. The summed E-state index contributed by atoms with van der Waals surface area (Å²) in [5.74, 6) is 0.122. The summed E-state index contributed by atoms with van der Waals surface area (Å²) >= 11 is 0. The van der Waals surface area contributed by atoms with E-state index in [2.05, 4.69) is 40.5 Å². The number of nitrogens with one attached hydrogen (secondary N) is 2. The van der Waals surface area contributed by atoms with Crippen LogP contribution in [0.4, 0.5) is 11.5 Å². The fourth-order valence-corrected chi connectivity index (χ4v) is 1.96. The van der Waals surface area contributed by atoms with E-state index in [1.807, 2.05) is 6.07 Å². The SMILES string of the molecule is Cc1nonc1C(=O)Nc1cccnc1NCc1cnc(C#N)nc1. The first-order valence-electron chi connectivity index (χ1n) is 7.18. The molecule has 0 bridgehead atoms. The number of carbonyl (C=O) groups is 1. The minimum atomic E-state index is -0.448. The van der Waals surface area contributed by atoms with Crippen LogP contribution in [0.15, 0.2) is 35.4 Å². The third-order valence-corrected chi connectivity index (χ3v) is 3.19. The van der Waals surface area contributed by atoms with Gasteiger partial charge in [0.1, 0.15) is 17.6 Å². The lowest BCUT2D eigenvalue weighted by atomic mass is 10.3. The van der Waals surface area contributed by atoms with Gasteiger partial charge in [-0.2, -0.15) is 5.26 Å². The van der Waals surface area contributed by atoms with Gasteiger partial charge in [0.25, 0.3) is 5.91 Å². The monoisotopic (exact) mass is 336 g/mol. The molecule has 0 spiro atoms. The van der Waals surface area contributed by atoms with E-state index in [-0.39, 0.29) is 11.5 Å². The normalized spacial score (nSPS) is 10.1. The van der Waals surface area contributed by atoms with Gasteiger partial charge in [-0.25, -0.2) is 19.6 Å². The maximum atomic E-state index is 12.2. The molecule has 0 aliphatic heterocycles. The average Bonchev–Trinajstić information content (AvgIpc) is 3.07. The van der Waals surface area contributed by atoms with Crippen molar-refractivity contribution in [2.24, 2.45) is 0 Å². The maximum Gasteiger partial charge on any atom is 0.279 e. The van der Waals surface area contributed by atoms with E-state index in [9.17, 15) is 4.79 Å². The highest BCUT2D eigenvalue weighted by atomic mass is 16.6. The molecule has 0 fully saturated rings. The van der Waals surface area contributed by atoms with E-state index in [0.717, 1.165) is 5.56 Å². The van der Waals surface area contributed by atoms with Gasteiger partial charge in [-0.05, 0) is 24.2 Å². The van der Waals surface area contributed by atoms with Crippen LogP contribution in [0.5, 0.6) is 0 Å². The van der Waals surface area contributed by atoms with Crippen molar-refractivity contribution in [3.63, 3.8) is 0 Å². The molecular formula is C15H12N8O2. The number of hydrogen-bond donors (Lipinski definition) is 2. The van der Waals surface area contributed by atoms with Crippen LogP contribution in [0.1, 0.15) is 27.6 Å². The van der Waals surface area contributed by atoms with Crippen molar-refractivity contribution in [3.05, 3.63) is 53.5 Å². The zero-order valence-electron chi connectivity index (χ0n) is 13.1. The van der Waals surface area contributed by atoms with Crippen LogP contribution in [0.2, 0.25) is 0 Å². The third kappa shape index (κ3) is 3.73.